The number of hydrogen-bond donors (Lipinski definition) is 1. The molecule has 4 atom stereocenters. The maximum absolute atomic E-state index is 13.5. The molecule has 8 nitrogen and oxygen atoms in total. The summed E-state index contributed by atoms with van der Waals surface area (Å²) in [6, 6.07) is 31.1. The maximum atomic E-state index is 13.5. The third-order valence-corrected chi connectivity index (χ3v) is 9.61. The normalized spacial score (nSPS) is 22.4. The second-order valence-corrected chi connectivity index (χ2v) is 12.2. The van der Waals surface area contributed by atoms with E-state index in [0.29, 0.717) is 29.9 Å². The number of carbonyl (C=O) groups excluding carboxylic acids is 3. The molecule has 47 heavy (non-hydrogen) atoms. The number of methoxy groups -OCH3 is 1. The lowest BCUT2D eigenvalue weighted by Crippen LogP contribution is -2.38. The zero-order valence-corrected chi connectivity index (χ0v) is 26.0. The van der Waals surface area contributed by atoms with E-state index in [1.54, 1.807) is 6.07 Å². The second kappa shape index (κ2) is 12.9. The van der Waals surface area contributed by atoms with Gasteiger partial charge in [-0.2, -0.15) is 4.90 Å². The summed E-state index contributed by atoms with van der Waals surface area (Å²) >= 11 is 0. The minimum absolute atomic E-state index is 0.239. The first-order chi connectivity index (χ1) is 22.9. The summed E-state index contributed by atoms with van der Waals surface area (Å²) < 4.78 is 17.4. The third-order valence-electron chi connectivity index (χ3n) is 9.61. The van der Waals surface area contributed by atoms with Crippen molar-refractivity contribution < 1.29 is 33.7 Å². The molecule has 0 aromatic heterocycles. The van der Waals surface area contributed by atoms with Crippen LogP contribution in [0.5, 0.6) is 11.5 Å². The molecule has 0 saturated carbocycles. The van der Waals surface area contributed by atoms with E-state index in [4.69, 9.17) is 14.2 Å². The van der Waals surface area contributed by atoms with E-state index in [1.807, 2.05) is 78.9 Å². The Labute approximate surface area is 272 Å². The average Bonchev–Trinajstić information content (AvgIpc) is 3.64. The van der Waals surface area contributed by atoms with Crippen LogP contribution in [0, 0.1) is 17.8 Å². The lowest BCUT2D eigenvalue weighted by molar-refractivity contribution is -0.137. The lowest BCUT2D eigenvalue weighted by Gasteiger charge is -2.31. The number of hydrogen-bond acceptors (Lipinski definition) is 7. The fourth-order valence-corrected chi connectivity index (χ4v) is 7.42. The number of phenols is 1. The Balaban J connectivity index is 1.22. The van der Waals surface area contributed by atoms with Gasteiger partial charge in [0.1, 0.15) is 18.1 Å². The first-order valence-electron chi connectivity index (χ1n) is 15.9. The van der Waals surface area contributed by atoms with Gasteiger partial charge in [0.15, 0.2) is 0 Å². The van der Waals surface area contributed by atoms with Crippen molar-refractivity contribution in [1.29, 1.82) is 0 Å². The Hall–Kier alpha value is -5.21. The van der Waals surface area contributed by atoms with E-state index in [-0.39, 0.29) is 31.0 Å². The number of amides is 3. The number of ether oxygens (including phenoxy) is 3. The molecule has 0 unspecified atom stereocenters. The molecule has 2 saturated heterocycles. The van der Waals surface area contributed by atoms with Crippen LogP contribution < -0.4 is 4.74 Å². The van der Waals surface area contributed by atoms with Gasteiger partial charge >= 0.3 is 6.09 Å². The molecule has 1 N–H and O–H groups in total. The molecule has 2 aliphatic heterocycles. The second-order valence-electron chi connectivity index (χ2n) is 12.2. The molecule has 0 bridgehead atoms. The highest BCUT2D eigenvalue weighted by molar-refractivity contribution is 6.16. The Kier molecular flexibility index (Phi) is 8.35. The van der Waals surface area contributed by atoms with Crippen LogP contribution in [0.3, 0.4) is 0 Å². The Bertz CT molecular complexity index is 1900. The van der Waals surface area contributed by atoms with Crippen LogP contribution in [-0.2, 0) is 19.1 Å². The molecule has 4 aromatic carbocycles. The lowest BCUT2D eigenvalue weighted by atomic mass is 9.69. The van der Waals surface area contributed by atoms with E-state index in [9.17, 15) is 19.5 Å². The van der Waals surface area contributed by atoms with Crippen LogP contribution in [0.4, 0.5) is 4.79 Å². The molecule has 7 rings (SSSR count). The van der Waals surface area contributed by atoms with Crippen LogP contribution in [0.25, 0.3) is 22.4 Å². The number of rotatable bonds is 8. The summed E-state index contributed by atoms with van der Waals surface area (Å²) in [4.78, 5) is 40.0. The monoisotopic (exact) mass is 629 g/mol. The number of nitrogens with zero attached hydrogens (tertiary/aromatic N) is 1. The molecule has 4 aromatic rings. The number of aromatic hydroxyl groups is 1. The average molecular weight is 630 g/mol. The van der Waals surface area contributed by atoms with Gasteiger partial charge in [0.05, 0.1) is 31.7 Å². The highest BCUT2D eigenvalue weighted by Gasteiger charge is 2.59. The molecule has 238 valence electrons. The minimum Gasteiger partial charge on any atom is -0.507 e. The molecule has 2 heterocycles. The van der Waals surface area contributed by atoms with Crippen molar-refractivity contribution in [2.45, 2.75) is 25.4 Å². The summed E-state index contributed by atoms with van der Waals surface area (Å²) in [5.41, 5.74) is 5.11. The summed E-state index contributed by atoms with van der Waals surface area (Å²) in [7, 11) is 1.17. The molecule has 0 spiro atoms. The van der Waals surface area contributed by atoms with Gasteiger partial charge in [-0.15, -0.1) is 0 Å². The summed E-state index contributed by atoms with van der Waals surface area (Å²) in [5, 5.41) is 12.2. The zero-order chi connectivity index (χ0) is 32.5. The van der Waals surface area contributed by atoms with Gasteiger partial charge in [0.25, 0.3) is 0 Å². The number of fused-ring (bicyclic) bond motifs is 4. The van der Waals surface area contributed by atoms with Gasteiger partial charge in [0.2, 0.25) is 11.8 Å². The van der Waals surface area contributed by atoms with Gasteiger partial charge in [0, 0.05) is 11.3 Å². The molecule has 3 amide bonds. The van der Waals surface area contributed by atoms with Crippen molar-refractivity contribution in [3.8, 4) is 11.5 Å². The van der Waals surface area contributed by atoms with E-state index in [2.05, 4.69) is 18.2 Å². The van der Waals surface area contributed by atoms with Gasteiger partial charge in [-0.05, 0) is 70.7 Å². The Morgan fingerprint density at radius 2 is 1.60 bits per heavy atom. The predicted octanol–water partition coefficient (Wildman–Crippen LogP) is 7.03. The van der Waals surface area contributed by atoms with Crippen LogP contribution in [0.15, 0.2) is 108 Å². The number of carbonyl (C=O) groups is 3. The summed E-state index contributed by atoms with van der Waals surface area (Å²) in [6.07, 6.45) is 2.53. The van der Waals surface area contributed by atoms with Crippen molar-refractivity contribution in [2.75, 3.05) is 20.3 Å². The molecule has 2 fully saturated rings. The number of benzene rings is 4. The molecule has 3 aliphatic rings. The van der Waals surface area contributed by atoms with Crippen molar-refractivity contribution in [3.05, 3.63) is 119 Å². The molecular formula is C39H35NO7. The van der Waals surface area contributed by atoms with Crippen molar-refractivity contribution in [2.24, 2.45) is 17.8 Å². The van der Waals surface area contributed by atoms with Gasteiger partial charge in [-0.3, -0.25) is 9.59 Å². The van der Waals surface area contributed by atoms with Crippen molar-refractivity contribution >= 4 is 40.3 Å². The van der Waals surface area contributed by atoms with Crippen molar-refractivity contribution in [1.82, 2.24) is 4.90 Å². The topological polar surface area (TPSA) is 102 Å². The SMILES string of the molecule is COC(=O)N1C(=O)[C@@H]2[C@@H](CC(COc3ccccc3)=C3[C@@H](CC/C(=C/c4ccc(O)c5ccccc45)c4ccccc4)OC[C@@H]32)C1=O. The van der Waals surface area contributed by atoms with E-state index < -0.39 is 29.7 Å². The smallest absolute Gasteiger partial charge is 0.423 e. The first-order valence-corrected chi connectivity index (χ1v) is 15.9. The van der Waals surface area contributed by atoms with E-state index >= 15 is 0 Å². The number of imide groups is 3. The van der Waals surface area contributed by atoms with Gasteiger partial charge in [-0.1, -0.05) is 84.9 Å². The minimum atomic E-state index is -0.951. The summed E-state index contributed by atoms with van der Waals surface area (Å²) in [6.45, 7) is 0.524. The van der Waals surface area contributed by atoms with Crippen LogP contribution in [0.1, 0.15) is 30.4 Å². The third kappa shape index (κ3) is 5.70. The van der Waals surface area contributed by atoms with Gasteiger partial charge < -0.3 is 19.3 Å². The van der Waals surface area contributed by atoms with Crippen LogP contribution in [0.2, 0.25) is 0 Å². The number of para-hydroxylation sites is 1. The fraction of sp³-hybridized carbons (Fsp3) is 0.256. The Morgan fingerprint density at radius 1 is 0.894 bits per heavy atom. The summed E-state index contributed by atoms with van der Waals surface area (Å²) in [5.74, 6) is -1.81. The molecule has 0 radical (unpaired) electrons. The maximum Gasteiger partial charge on any atom is 0.423 e. The predicted molar refractivity (Wildman–Crippen MR) is 177 cm³/mol. The number of allylic oxidation sites excluding steroid dienone is 1. The molecular weight excluding hydrogens is 594 g/mol. The van der Waals surface area contributed by atoms with Crippen LogP contribution in [-0.4, -0.2) is 54.3 Å². The molecule has 1 aliphatic carbocycles. The quantitative estimate of drug-likeness (QED) is 0.127. The molecule has 8 heteroatoms. The fourth-order valence-electron chi connectivity index (χ4n) is 7.42. The Morgan fingerprint density at radius 3 is 2.34 bits per heavy atom. The van der Waals surface area contributed by atoms with Gasteiger partial charge in [-0.25, -0.2) is 4.79 Å². The number of phenolic OH excluding ortho intramolecular Hbond substituents is 1. The zero-order valence-electron chi connectivity index (χ0n) is 26.0. The van der Waals surface area contributed by atoms with Crippen molar-refractivity contribution in [3.63, 3.8) is 0 Å². The van der Waals surface area contributed by atoms with Crippen LogP contribution >= 0.6 is 0 Å². The van der Waals surface area contributed by atoms with E-state index in [1.165, 1.54) is 7.11 Å². The standard InChI is InChI=1S/C39H35NO7/c1-45-39(44)40-37(42)31-21-27(22-46-28-12-6-3-7-13-28)35-32(36(31)38(40)43)23-47-34(35)19-17-25(24-10-4-2-5-11-24)20-26-16-18-33(41)30-15-9-8-14-29(26)30/h2-16,18,20,31-32,34,36,41H,17,19,21-23H2,1H3/b25-20-/t31-,32+,34-,36-/m1/s1. The first kappa shape index (κ1) is 30.4. The largest absolute Gasteiger partial charge is 0.507 e. The highest BCUT2D eigenvalue weighted by Crippen LogP contribution is 2.50. The highest BCUT2D eigenvalue weighted by atomic mass is 16.5. The van der Waals surface area contributed by atoms with E-state index in [0.717, 1.165) is 38.6 Å². The number of likely N-dealkylation sites (tertiary alicyclic amines) is 1.